The molecule has 0 aromatic carbocycles. The first kappa shape index (κ1) is 14.0. The Morgan fingerprint density at radius 2 is 2.20 bits per heavy atom. The van der Waals surface area contributed by atoms with Crippen molar-refractivity contribution in [3.63, 3.8) is 0 Å². The van der Waals surface area contributed by atoms with Gasteiger partial charge in [-0.1, -0.05) is 17.8 Å². The molecule has 15 heavy (non-hydrogen) atoms. The molecule has 0 bridgehead atoms. The monoisotopic (exact) mass is 230 g/mol. The number of hydrogen-bond acceptors (Lipinski definition) is 4. The van der Waals surface area contributed by atoms with Crippen LogP contribution in [-0.4, -0.2) is 29.7 Å². The number of thioether (sulfide) groups is 1. The zero-order chi connectivity index (χ0) is 11.9. The fraction of sp³-hybridized carbons (Fsp3) is 0.600. The summed E-state index contributed by atoms with van der Waals surface area (Å²) in [6.07, 6.45) is 3.01. The van der Waals surface area contributed by atoms with Crippen LogP contribution >= 0.6 is 11.8 Å². The smallest absolute Gasteiger partial charge is 0.413 e. The largest absolute Gasteiger partial charge is 0.444 e. The average Bonchev–Trinajstić information content (AvgIpc) is 2.09. The lowest BCUT2D eigenvalue weighted by Crippen LogP contribution is -2.35. The Kier molecular flexibility index (Phi) is 6.08. The van der Waals surface area contributed by atoms with Crippen molar-refractivity contribution in [1.29, 1.82) is 0 Å². The van der Waals surface area contributed by atoms with Gasteiger partial charge in [0.1, 0.15) is 5.60 Å². The van der Waals surface area contributed by atoms with Gasteiger partial charge in [-0.05, 0) is 27.0 Å². The van der Waals surface area contributed by atoms with Gasteiger partial charge in [0.05, 0.1) is 6.54 Å². The van der Waals surface area contributed by atoms with E-state index in [0.29, 0.717) is 11.7 Å². The first-order valence-corrected chi connectivity index (χ1v) is 5.81. The van der Waals surface area contributed by atoms with Crippen LogP contribution in [0.4, 0.5) is 4.79 Å². The molecule has 4 nitrogen and oxygen atoms in total. The number of amidine groups is 1. The number of nitrogens with zero attached hydrogens (tertiary/aromatic N) is 1. The molecule has 0 aliphatic rings. The molecule has 0 aliphatic heterocycles. The number of carbonyl (C=O) groups is 1. The van der Waals surface area contributed by atoms with Crippen molar-refractivity contribution in [3.8, 4) is 0 Å². The number of nitrogens with one attached hydrogen (secondary N) is 1. The molecular formula is C10H18N2O2S. The molecule has 1 N–H and O–H groups in total. The predicted molar refractivity (Wildman–Crippen MR) is 65.4 cm³/mol. The zero-order valence-corrected chi connectivity index (χ0v) is 10.5. The molecule has 0 fully saturated rings. The van der Waals surface area contributed by atoms with Crippen molar-refractivity contribution in [2.75, 3.05) is 12.8 Å². The molecule has 0 atom stereocenters. The summed E-state index contributed by atoms with van der Waals surface area (Å²) in [7, 11) is 0. The van der Waals surface area contributed by atoms with E-state index in [9.17, 15) is 4.79 Å². The summed E-state index contributed by atoms with van der Waals surface area (Å²) in [6, 6.07) is 0. The van der Waals surface area contributed by atoms with Gasteiger partial charge in [0.2, 0.25) is 0 Å². The van der Waals surface area contributed by atoms with E-state index in [1.807, 2.05) is 27.0 Å². The van der Waals surface area contributed by atoms with Gasteiger partial charge in [0, 0.05) is 0 Å². The van der Waals surface area contributed by atoms with E-state index in [1.165, 1.54) is 11.8 Å². The van der Waals surface area contributed by atoms with Gasteiger partial charge in [0.25, 0.3) is 0 Å². The number of rotatable bonds is 2. The molecule has 0 radical (unpaired) electrons. The Morgan fingerprint density at radius 1 is 1.60 bits per heavy atom. The molecule has 0 aliphatic carbocycles. The number of alkyl carbamates (subject to hydrolysis) is 1. The van der Waals surface area contributed by atoms with E-state index in [4.69, 9.17) is 4.74 Å². The number of aliphatic imine (C=N–C) groups is 1. The summed E-state index contributed by atoms with van der Waals surface area (Å²) in [6.45, 7) is 9.46. The molecule has 5 heteroatoms. The highest BCUT2D eigenvalue weighted by molar-refractivity contribution is 8.13. The fourth-order valence-electron chi connectivity index (χ4n) is 0.693. The topological polar surface area (TPSA) is 50.7 Å². The van der Waals surface area contributed by atoms with Gasteiger partial charge in [-0.25, -0.2) is 4.79 Å². The third-order valence-electron chi connectivity index (χ3n) is 1.17. The number of ether oxygens (including phenoxy) is 1. The third kappa shape index (κ3) is 8.05. The standard InChI is InChI=1S/C10H18N2O2S/c1-6-7-11-8(15-5)12-9(13)14-10(2,3)4/h6H,1,7H2,2-5H3,(H,11,12,13). The minimum Gasteiger partial charge on any atom is -0.444 e. The van der Waals surface area contributed by atoms with Crippen LogP contribution in [0.5, 0.6) is 0 Å². The van der Waals surface area contributed by atoms with Gasteiger partial charge in [-0.2, -0.15) is 0 Å². The molecule has 0 rings (SSSR count). The van der Waals surface area contributed by atoms with Gasteiger partial charge in [0.15, 0.2) is 5.17 Å². The molecule has 0 aromatic heterocycles. The summed E-state index contributed by atoms with van der Waals surface area (Å²) in [5.74, 6) is 0. The van der Waals surface area contributed by atoms with Gasteiger partial charge >= 0.3 is 6.09 Å². The fourth-order valence-corrected chi connectivity index (χ4v) is 1.08. The normalized spacial score (nSPS) is 12.1. The highest BCUT2D eigenvalue weighted by Crippen LogP contribution is 2.07. The van der Waals surface area contributed by atoms with Crippen LogP contribution in [0, 0.1) is 0 Å². The Labute approximate surface area is 95.2 Å². The molecule has 1 amide bonds. The first-order chi connectivity index (χ1) is 6.89. The molecule has 0 heterocycles. The Hall–Kier alpha value is -0.970. The molecule has 0 aromatic rings. The zero-order valence-electron chi connectivity index (χ0n) is 9.66. The van der Waals surface area contributed by atoms with Crippen molar-refractivity contribution in [1.82, 2.24) is 5.32 Å². The molecule has 0 unspecified atom stereocenters. The Balaban J connectivity index is 4.19. The van der Waals surface area contributed by atoms with E-state index in [-0.39, 0.29) is 0 Å². The van der Waals surface area contributed by atoms with Crippen LogP contribution in [-0.2, 0) is 4.74 Å². The first-order valence-electron chi connectivity index (χ1n) is 4.58. The number of carbonyl (C=O) groups excluding carboxylic acids is 1. The quantitative estimate of drug-likeness (QED) is 0.450. The van der Waals surface area contributed by atoms with Crippen molar-refractivity contribution >= 4 is 23.0 Å². The predicted octanol–water partition coefficient (Wildman–Crippen LogP) is 2.42. The second kappa shape index (κ2) is 6.50. The Morgan fingerprint density at radius 3 is 2.60 bits per heavy atom. The van der Waals surface area contributed by atoms with Crippen molar-refractivity contribution < 1.29 is 9.53 Å². The second-order valence-corrected chi connectivity index (χ2v) is 4.56. The number of amides is 1. The molecule has 0 saturated heterocycles. The molecular weight excluding hydrogens is 212 g/mol. The van der Waals surface area contributed by atoms with E-state index in [2.05, 4.69) is 16.9 Å². The van der Waals surface area contributed by atoms with Crippen molar-refractivity contribution in [2.24, 2.45) is 4.99 Å². The maximum atomic E-state index is 11.3. The average molecular weight is 230 g/mol. The van der Waals surface area contributed by atoms with Crippen LogP contribution in [0.15, 0.2) is 17.6 Å². The SMILES string of the molecule is C=CCN=C(NC(=O)OC(C)(C)C)SC. The highest BCUT2D eigenvalue weighted by Gasteiger charge is 2.16. The van der Waals surface area contributed by atoms with Crippen LogP contribution in [0.1, 0.15) is 20.8 Å². The lowest BCUT2D eigenvalue weighted by Gasteiger charge is -2.19. The summed E-state index contributed by atoms with van der Waals surface area (Å²) in [5.41, 5.74) is -0.494. The third-order valence-corrected chi connectivity index (χ3v) is 1.78. The Bertz CT molecular complexity index is 257. The van der Waals surface area contributed by atoms with E-state index >= 15 is 0 Å². The van der Waals surface area contributed by atoms with Crippen LogP contribution in [0.3, 0.4) is 0 Å². The highest BCUT2D eigenvalue weighted by atomic mass is 32.2. The van der Waals surface area contributed by atoms with E-state index in [1.54, 1.807) is 6.08 Å². The van der Waals surface area contributed by atoms with Crippen LogP contribution in [0.25, 0.3) is 0 Å². The van der Waals surface area contributed by atoms with E-state index in [0.717, 1.165) is 0 Å². The number of hydrogen-bond donors (Lipinski definition) is 1. The minimum atomic E-state index is -0.494. The second-order valence-electron chi connectivity index (χ2n) is 3.77. The summed E-state index contributed by atoms with van der Waals surface area (Å²) in [5, 5.41) is 3.09. The maximum Gasteiger partial charge on any atom is 0.413 e. The van der Waals surface area contributed by atoms with Gasteiger partial charge < -0.3 is 4.74 Å². The summed E-state index contributed by atoms with van der Waals surface area (Å²) in [4.78, 5) is 15.4. The minimum absolute atomic E-state index is 0.478. The van der Waals surface area contributed by atoms with Crippen LogP contribution < -0.4 is 5.32 Å². The summed E-state index contributed by atoms with van der Waals surface area (Å²) >= 11 is 1.35. The van der Waals surface area contributed by atoms with Gasteiger partial charge in [-0.15, -0.1) is 6.58 Å². The lowest BCUT2D eigenvalue weighted by atomic mass is 10.2. The lowest BCUT2D eigenvalue weighted by molar-refractivity contribution is 0.0564. The van der Waals surface area contributed by atoms with Crippen molar-refractivity contribution in [3.05, 3.63) is 12.7 Å². The molecule has 0 spiro atoms. The van der Waals surface area contributed by atoms with E-state index < -0.39 is 11.7 Å². The molecule has 86 valence electrons. The van der Waals surface area contributed by atoms with Gasteiger partial charge in [-0.3, -0.25) is 10.3 Å². The summed E-state index contributed by atoms with van der Waals surface area (Å²) < 4.78 is 5.08. The van der Waals surface area contributed by atoms with Crippen LogP contribution in [0.2, 0.25) is 0 Å². The maximum absolute atomic E-state index is 11.3. The molecule has 0 saturated carbocycles. The van der Waals surface area contributed by atoms with Crippen molar-refractivity contribution in [2.45, 2.75) is 26.4 Å².